The predicted molar refractivity (Wildman–Crippen MR) is 72.1 cm³/mol. The highest BCUT2D eigenvalue weighted by Crippen LogP contribution is 2.09. The highest BCUT2D eigenvalue weighted by molar-refractivity contribution is 6.00. The Bertz CT molecular complexity index is 732. The average Bonchev–Trinajstić information content (AvgIpc) is 2.83. The largest absolute Gasteiger partial charge is 0.399 e. The van der Waals surface area contributed by atoms with Crippen LogP contribution in [0.2, 0.25) is 0 Å². The van der Waals surface area contributed by atoms with E-state index in [4.69, 9.17) is 5.73 Å². The molecule has 0 saturated heterocycles. The summed E-state index contributed by atoms with van der Waals surface area (Å²) < 4.78 is 0. The van der Waals surface area contributed by atoms with Gasteiger partial charge in [-0.15, -0.1) is 5.10 Å². The van der Waals surface area contributed by atoms with Crippen molar-refractivity contribution in [3.8, 4) is 0 Å². The molecule has 3 N–H and O–H groups in total. The van der Waals surface area contributed by atoms with Gasteiger partial charge in [-0.3, -0.25) is 4.79 Å². The average molecular weight is 253 g/mol. The summed E-state index contributed by atoms with van der Waals surface area (Å²) >= 11 is 0. The molecule has 1 heterocycles. The molecule has 0 fully saturated rings. The lowest BCUT2D eigenvalue weighted by Crippen LogP contribution is -2.23. The van der Waals surface area contributed by atoms with Crippen LogP contribution in [0.25, 0.3) is 11.0 Å². The zero-order chi connectivity index (χ0) is 13.2. The Labute approximate surface area is 108 Å². The van der Waals surface area contributed by atoms with Crippen molar-refractivity contribution in [2.45, 2.75) is 0 Å². The van der Waals surface area contributed by atoms with Crippen LogP contribution in [0.5, 0.6) is 0 Å². The molecule has 19 heavy (non-hydrogen) atoms. The van der Waals surface area contributed by atoms with Gasteiger partial charge in [0.1, 0.15) is 11.0 Å². The van der Waals surface area contributed by atoms with E-state index in [0.29, 0.717) is 11.3 Å². The maximum Gasteiger partial charge on any atom is 0.271 e. The fraction of sp³-hybridized carbons (Fsp3) is 0. The standard InChI is InChI=1S/C13H11N5O/c14-10-7-5-9(6-8-10)13(19)16-18-12-4-2-1-3-11(12)15-17-18/h1-8H,14H2,(H,16,19). The van der Waals surface area contributed by atoms with Gasteiger partial charge in [-0.25, -0.2) is 5.43 Å². The van der Waals surface area contributed by atoms with Gasteiger partial charge in [0.05, 0.1) is 0 Å². The van der Waals surface area contributed by atoms with Crippen LogP contribution in [0.15, 0.2) is 48.5 Å². The summed E-state index contributed by atoms with van der Waals surface area (Å²) in [6, 6.07) is 14.0. The van der Waals surface area contributed by atoms with Gasteiger partial charge in [0, 0.05) is 11.3 Å². The number of carbonyl (C=O) groups excluding carboxylic acids is 1. The molecule has 3 rings (SSSR count). The SMILES string of the molecule is Nc1ccc(C(=O)Nn2nnc3ccccc32)cc1. The number of hydrogen-bond acceptors (Lipinski definition) is 4. The topological polar surface area (TPSA) is 85.8 Å². The van der Waals surface area contributed by atoms with Crippen molar-refractivity contribution in [3.63, 3.8) is 0 Å². The number of para-hydroxylation sites is 1. The fourth-order valence-electron chi connectivity index (χ4n) is 1.75. The van der Waals surface area contributed by atoms with Crippen molar-refractivity contribution in [2.24, 2.45) is 0 Å². The number of hydrogen-bond donors (Lipinski definition) is 2. The van der Waals surface area contributed by atoms with Gasteiger partial charge in [-0.2, -0.15) is 4.79 Å². The third-order valence-corrected chi connectivity index (χ3v) is 2.73. The van der Waals surface area contributed by atoms with Gasteiger partial charge in [-0.1, -0.05) is 12.1 Å². The third-order valence-electron chi connectivity index (χ3n) is 2.73. The van der Waals surface area contributed by atoms with Crippen molar-refractivity contribution in [1.29, 1.82) is 0 Å². The normalized spacial score (nSPS) is 10.5. The van der Waals surface area contributed by atoms with E-state index in [-0.39, 0.29) is 5.91 Å². The highest BCUT2D eigenvalue weighted by Gasteiger charge is 2.09. The molecule has 6 heteroatoms. The summed E-state index contributed by atoms with van der Waals surface area (Å²) in [7, 11) is 0. The number of fused-ring (bicyclic) bond motifs is 1. The molecule has 3 aromatic rings. The minimum Gasteiger partial charge on any atom is -0.399 e. The van der Waals surface area contributed by atoms with Crippen LogP contribution >= 0.6 is 0 Å². The highest BCUT2D eigenvalue weighted by atomic mass is 16.2. The Hall–Kier alpha value is -2.89. The van der Waals surface area contributed by atoms with Gasteiger partial charge in [0.25, 0.3) is 5.91 Å². The molecular weight excluding hydrogens is 242 g/mol. The summed E-state index contributed by atoms with van der Waals surface area (Å²) in [5, 5.41) is 7.85. The van der Waals surface area contributed by atoms with E-state index >= 15 is 0 Å². The second-order valence-electron chi connectivity index (χ2n) is 4.05. The first-order chi connectivity index (χ1) is 9.24. The zero-order valence-corrected chi connectivity index (χ0v) is 9.95. The minimum absolute atomic E-state index is 0.268. The van der Waals surface area contributed by atoms with E-state index in [1.54, 1.807) is 24.3 Å². The molecule has 94 valence electrons. The lowest BCUT2D eigenvalue weighted by Gasteiger charge is -2.05. The summed E-state index contributed by atoms with van der Waals surface area (Å²) in [4.78, 5) is 13.4. The second-order valence-corrected chi connectivity index (χ2v) is 4.05. The molecular formula is C13H11N5O. The number of aromatic nitrogens is 3. The van der Waals surface area contributed by atoms with Crippen LogP contribution in [0.3, 0.4) is 0 Å². The molecule has 0 aliphatic rings. The number of anilines is 1. The number of nitrogens with one attached hydrogen (secondary N) is 1. The van der Waals surface area contributed by atoms with Gasteiger partial charge in [-0.05, 0) is 41.6 Å². The van der Waals surface area contributed by atoms with Crippen LogP contribution < -0.4 is 11.2 Å². The second kappa shape index (κ2) is 4.41. The summed E-state index contributed by atoms with van der Waals surface area (Å²) in [5.41, 5.74) is 10.8. The van der Waals surface area contributed by atoms with Crippen molar-refractivity contribution >= 4 is 22.6 Å². The number of amides is 1. The van der Waals surface area contributed by atoms with E-state index in [0.717, 1.165) is 11.0 Å². The number of nitrogen functional groups attached to an aromatic ring is 1. The Kier molecular flexibility index (Phi) is 2.60. The first-order valence-corrected chi connectivity index (χ1v) is 5.71. The smallest absolute Gasteiger partial charge is 0.271 e. The van der Waals surface area contributed by atoms with Crippen LogP contribution in [0.1, 0.15) is 10.4 Å². The van der Waals surface area contributed by atoms with Gasteiger partial charge in [0.15, 0.2) is 0 Å². The molecule has 0 saturated carbocycles. The van der Waals surface area contributed by atoms with E-state index in [1.807, 2.05) is 24.3 Å². The fourth-order valence-corrected chi connectivity index (χ4v) is 1.75. The Morgan fingerprint density at radius 2 is 1.84 bits per heavy atom. The molecule has 1 aromatic heterocycles. The van der Waals surface area contributed by atoms with Crippen LogP contribution in [0.4, 0.5) is 5.69 Å². The van der Waals surface area contributed by atoms with Gasteiger partial charge < -0.3 is 5.73 Å². The molecule has 0 unspecified atom stereocenters. The number of nitrogens with zero attached hydrogens (tertiary/aromatic N) is 3. The minimum atomic E-state index is -0.268. The molecule has 1 amide bonds. The van der Waals surface area contributed by atoms with E-state index in [9.17, 15) is 4.79 Å². The first-order valence-electron chi connectivity index (χ1n) is 5.71. The maximum atomic E-state index is 12.0. The van der Waals surface area contributed by atoms with Crippen LogP contribution in [-0.4, -0.2) is 21.0 Å². The van der Waals surface area contributed by atoms with Crippen molar-refractivity contribution in [2.75, 3.05) is 11.2 Å². The number of carbonyl (C=O) groups is 1. The molecule has 6 nitrogen and oxygen atoms in total. The molecule has 2 aromatic carbocycles. The van der Waals surface area contributed by atoms with E-state index < -0.39 is 0 Å². The Morgan fingerprint density at radius 1 is 1.11 bits per heavy atom. The number of nitrogens with two attached hydrogens (primary N) is 1. The predicted octanol–water partition coefficient (Wildman–Crippen LogP) is 1.40. The van der Waals surface area contributed by atoms with Crippen molar-refractivity contribution in [1.82, 2.24) is 15.1 Å². The molecule has 0 radical (unpaired) electrons. The number of benzene rings is 2. The maximum absolute atomic E-state index is 12.0. The lowest BCUT2D eigenvalue weighted by atomic mass is 10.2. The monoisotopic (exact) mass is 253 g/mol. The van der Waals surface area contributed by atoms with Gasteiger partial charge in [0.2, 0.25) is 0 Å². The third kappa shape index (κ3) is 2.11. The van der Waals surface area contributed by atoms with E-state index in [1.165, 1.54) is 4.79 Å². The quantitative estimate of drug-likeness (QED) is 0.676. The van der Waals surface area contributed by atoms with Crippen molar-refractivity contribution < 1.29 is 4.79 Å². The van der Waals surface area contributed by atoms with Gasteiger partial charge >= 0.3 is 0 Å². The Morgan fingerprint density at radius 3 is 2.63 bits per heavy atom. The summed E-state index contributed by atoms with van der Waals surface area (Å²) in [6.45, 7) is 0. The lowest BCUT2D eigenvalue weighted by molar-refractivity contribution is 0.101. The molecule has 0 spiro atoms. The van der Waals surface area contributed by atoms with E-state index in [2.05, 4.69) is 15.7 Å². The van der Waals surface area contributed by atoms with Crippen molar-refractivity contribution in [3.05, 3.63) is 54.1 Å². The summed E-state index contributed by atoms with van der Waals surface area (Å²) in [5.74, 6) is -0.268. The summed E-state index contributed by atoms with van der Waals surface area (Å²) in [6.07, 6.45) is 0. The molecule has 0 aliphatic carbocycles. The molecule has 0 bridgehead atoms. The van der Waals surface area contributed by atoms with Crippen LogP contribution in [0, 0.1) is 0 Å². The first kappa shape index (κ1) is 11.2. The number of rotatable bonds is 2. The van der Waals surface area contributed by atoms with Crippen LogP contribution in [-0.2, 0) is 0 Å². The molecule has 0 atom stereocenters. The molecule has 0 aliphatic heterocycles. The Balaban J connectivity index is 1.89. The zero-order valence-electron chi connectivity index (χ0n) is 9.95.